The van der Waals surface area contributed by atoms with E-state index in [2.05, 4.69) is 21.5 Å². The normalized spacial score (nSPS) is 9.37. The molecule has 19 heavy (non-hydrogen) atoms. The van der Waals surface area contributed by atoms with Gasteiger partial charge in [-0.1, -0.05) is 12.1 Å². The minimum Gasteiger partial charge on any atom is -0.497 e. The van der Waals surface area contributed by atoms with E-state index in [1.165, 1.54) is 0 Å². The average Bonchev–Trinajstić information content (AvgIpc) is 2.44. The predicted octanol–water partition coefficient (Wildman–Crippen LogP) is 1.06. The van der Waals surface area contributed by atoms with Crippen LogP contribution in [0.15, 0.2) is 24.3 Å². The summed E-state index contributed by atoms with van der Waals surface area (Å²) in [6, 6.07) is 7.77. The van der Waals surface area contributed by atoms with Gasteiger partial charge in [0.15, 0.2) is 10.2 Å². The summed E-state index contributed by atoms with van der Waals surface area (Å²) in [7, 11) is 1.64. The summed E-state index contributed by atoms with van der Waals surface area (Å²) in [5.74, 6) is 0.835. The molecule has 104 valence electrons. The standard InChI is InChI=1S/C12H18N4OS2/c1-3-13-11(18)15-16-12(19)14-8-9-4-6-10(17-2)7-5-9/h4-7H,3,8H2,1-2H3,(H2,13,15,18)(H2,14,16,19). The maximum absolute atomic E-state index is 5.11. The lowest BCUT2D eigenvalue weighted by Crippen LogP contribution is -2.50. The fourth-order valence-electron chi connectivity index (χ4n) is 1.29. The van der Waals surface area contributed by atoms with Gasteiger partial charge in [0.05, 0.1) is 7.11 Å². The van der Waals surface area contributed by atoms with E-state index in [1.54, 1.807) is 7.11 Å². The summed E-state index contributed by atoms with van der Waals surface area (Å²) in [5.41, 5.74) is 6.70. The third-order valence-electron chi connectivity index (χ3n) is 2.24. The van der Waals surface area contributed by atoms with E-state index in [-0.39, 0.29) is 0 Å². The predicted molar refractivity (Wildman–Crippen MR) is 85.0 cm³/mol. The molecule has 0 saturated heterocycles. The second-order valence-corrected chi connectivity index (χ2v) is 4.46. The van der Waals surface area contributed by atoms with Crippen molar-refractivity contribution in [3.63, 3.8) is 0 Å². The van der Waals surface area contributed by atoms with E-state index >= 15 is 0 Å². The van der Waals surface area contributed by atoms with E-state index in [0.717, 1.165) is 17.9 Å². The van der Waals surface area contributed by atoms with Crippen LogP contribution in [0.4, 0.5) is 0 Å². The first-order valence-electron chi connectivity index (χ1n) is 5.86. The monoisotopic (exact) mass is 298 g/mol. The van der Waals surface area contributed by atoms with Crippen LogP contribution >= 0.6 is 24.4 Å². The van der Waals surface area contributed by atoms with E-state index < -0.39 is 0 Å². The molecule has 7 heteroatoms. The molecular weight excluding hydrogens is 280 g/mol. The van der Waals surface area contributed by atoms with Crippen molar-refractivity contribution in [1.82, 2.24) is 21.5 Å². The Kier molecular flexibility index (Phi) is 6.91. The van der Waals surface area contributed by atoms with Crippen molar-refractivity contribution in [1.29, 1.82) is 0 Å². The van der Waals surface area contributed by atoms with Gasteiger partial charge in [0.25, 0.3) is 0 Å². The van der Waals surface area contributed by atoms with Crippen LogP contribution in [-0.2, 0) is 6.54 Å². The van der Waals surface area contributed by atoms with Gasteiger partial charge in [0.2, 0.25) is 0 Å². The molecule has 0 atom stereocenters. The molecule has 1 aromatic carbocycles. The Bertz CT molecular complexity index is 422. The maximum Gasteiger partial charge on any atom is 0.185 e. The molecule has 0 bridgehead atoms. The van der Waals surface area contributed by atoms with Gasteiger partial charge in [-0.05, 0) is 49.1 Å². The lowest BCUT2D eigenvalue weighted by Gasteiger charge is -2.13. The van der Waals surface area contributed by atoms with E-state index in [9.17, 15) is 0 Å². The Labute approximate surface area is 124 Å². The largest absolute Gasteiger partial charge is 0.497 e. The summed E-state index contributed by atoms with van der Waals surface area (Å²) in [6.07, 6.45) is 0. The Balaban J connectivity index is 2.27. The van der Waals surface area contributed by atoms with E-state index in [1.807, 2.05) is 31.2 Å². The summed E-state index contributed by atoms with van der Waals surface area (Å²) in [6.45, 7) is 3.36. The summed E-state index contributed by atoms with van der Waals surface area (Å²) < 4.78 is 5.09. The van der Waals surface area contributed by atoms with Crippen molar-refractivity contribution in [3.8, 4) is 5.75 Å². The average molecular weight is 298 g/mol. The number of thiocarbonyl (C=S) groups is 2. The van der Waals surface area contributed by atoms with Crippen molar-refractivity contribution < 1.29 is 4.74 Å². The molecule has 1 aromatic rings. The third kappa shape index (κ3) is 6.21. The van der Waals surface area contributed by atoms with Crippen LogP contribution in [0.1, 0.15) is 12.5 Å². The number of rotatable bonds is 4. The second kappa shape index (κ2) is 8.49. The highest BCUT2D eigenvalue weighted by molar-refractivity contribution is 7.80. The molecule has 0 aromatic heterocycles. The van der Waals surface area contributed by atoms with Crippen molar-refractivity contribution in [2.45, 2.75) is 13.5 Å². The number of hydrogen-bond acceptors (Lipinski definition) is 3. The molecule has 0 unspecified atom stereocenters. The number of ether oxygens (including phenoxy) is 1. The van der Waals surface area contributed by atoms with Gasteiger partial charge in [-0.25, -0.2) is 0 Å². The first-order valence-corrected chi connectivity index (χ1v) is 6.68. The van der Waals surface area contributed by atoms with Crippen LogP contribution in [0.5, 0.6) is 5.75 Å². The van der Waals surface area contributed by atoms with E-state index in [4.69, 9.17) is 29.2 Å². The smallest absolute Gasteiger partial charge is 0.185 e. The number of hydrazine groups is 1. The molecule has 5 nitrogen and oxygen atoms in total. The summed E-state index contributed by atoms with van der Waals surface area (Å²) >= 11 is 10.1. The van der Waals surface area contributed by atoms with E-state index in [0.29, 0.717) is 16.8 Å². The number of methoxy groups -OCH3 is 1. The molecule has 0 fully saturated rings. The molecule has 0 spiro atoms. The Morgan fingerprint density at radius 1 is 1.05 bits per heavy atom. The van der Waals surface area contributed by atoms with Crippen LogP contribution in [0.3, 0.4) is 0 Å². The molecule has 0 aliphatic heterocycles. The molecule has 0 aliphatic rings. The van der Waals surface area contributed by atoms with Gasteiger partial charge in [0, 0.05) is 13.1 Å². The molecule has 0 aliphatic carbocycles. The zero-order chi connectivity index (χ0) is 14.1. The molecule has 0 amide bonds. The Morgan fingerprint density at radius 2 is 1.63 bits per heavy atom. The number of hydrogen-bond donors (Lipinski definition) is 4. The maximum atomic E-state index is 5.11. The van der Waals surface area contributed by atoms with Crippen LogP contribution < -0.4 is 26.2 Å². The zero-order valence-corrected chi connectivity index (χ0v) is 12.6. The number of nitrogens with one attached hydrogen (secondary N) is 4. The first-order chi connectivity index (χ1) is 9.15. The fraction of sp³-hybridized carbons (Fsp3) is 0.333. The summed E-state index contributed by atoms with van der Waals surface area (Å²) in [5, 5.41) is 7.00. The van der Waals surface area contributed by atoms with Gasteiger partial charge >= 0.3 is 0 Å². The highest BCUT2D eigenvalue weighted by Gasteiger charge is 1.98. The lowest BCUT2D eigenvalue weighted by molar-refractivity contribution is 0.414. The molecule has 0 heterocycles. The minimum absolute atomic E-state index is 0.482. The molecule has 4 N–H and O–H groups in total. The lowest BCUT2D eigenvalue weighted by atomic mass is 10.2. The van der Waals surface area contributed by atoms with Crippen molar-refractivity contribution in [3.05, 3.63) is 29.8 Å². The SMILES string of the molecule is CCNC(=S)NNC(=S)NCc1ccc(OC)cc1. The molecular formula is C12H18N4OS2. The second-order valence-electron chi connectivity index (χ2n) is 3.64. The fourth-order valence-corrected chi connectivity index (χ4v) is 1.61. The third-order valence-corrected chi connectivity index (χ3v) is 2.73. The molecule has 1 rings (SSSR count). The zero-order valence-electron chi connectivity index (χ0n) is 10.9. The molecule has 0 saturated carbocycles. The van der Waals surface area contributed by atoms with Gasteiger partial charge in [-0.2, -0.15) is 0 Å². The Hall–Kier alpha value is -1.60. The highest BCUT2D eigenvalue weighted by atomic mass is 32.1. The topological polar surface area (TPSA) is 57.3 Å². The van der Waals surface area contributed by atoms with Gasteiger partial charge in [-0.3, -0.25) is 10.9 Å². The number of benzene rings is 1. The van der Waals surface area contributed by atoms with Crippen LogP contribution in [0.2, 0.25) is 0 Å². The van der Waals surface area contributed by atoms with Crippen molar-refractivity contribution in [2.24, 2.45) is 0 Å². The van der Waals surface area contributed by atoms with Crippen molar-refractivity contribution in [2.75, 3.05) is 13.7 Å². The first kappa shape index (κ1) is 15.5. The van der Waals surface area contributed by atoms with Crippen LogP contribution in [0, 0.1) is 0 Å². The Morgan fingerprint density at radius 3 is 2.16 bits per heavy atom. The van der Waals surface area contributed by atoms with Crippen LogP contribution in [-0.4, -0.2) is 23.9 Å². The van der Waals surface area contributed by atoms with Crippen LogP contribution in [0.25, 0.3) is 0 Å². The quantitative estimate of drug-likeness (QED) is 0.490. The highest BCUT2D eigenvalue weighted by Crippen LogP contribution is 2.10. The van der Waals surface area contributed by atoms with Gasteiger partial charge in [-0.15, -0.1) is 0 Å². The van der Waals surface area contributed by atoms with Gasteiger partial charge < -0.3 is 15.4 Å². The molecule has 0 radical (unpaired) electrons. The van der Waals surface area contributed by atoms with Crippen molar-refractivity contribution >= 4 is 34.7 Å². The minimum atomic E-state index is 0.482. The van der Waals surface area contributed by atoms with Gasteiger partial charge in [0.1, 0.15) is 5.75 Å². The summed E-state index contributed by atoms with van der Waals surface area (Å²) in [4.78, 5) is 0.